The first-order valence-corrected chi connectivity index (χ1v) is 19.0. The molecule has 3 N–H and O–H groups in total. The van der Waals surface area contributed by atoms with Gasteiger partial charge in [-0.05, 0) is 116 Å². The monoisotopic (exact) mass is 757 g/mol. The SMILES string of the molecule is C=CC.CC(=O)C(COCc1ccccc1)NC(=O)C(C)(C)N.CC=C(C)C.CCc1ccc(C(C)C(=O)N2CCC(C(=O)c3ccc(F)cc3)CC2)cc1. The summed E-state index contributed by atoms with van der Waals surface area (Å²) in [7, 11) is 0. The number of benzene rings is 3. The molecular formula is C46H64FN3O5. The van der Waals surface area contributed by atoms with E-state index in [1.54, 1.807) is 19.9 Å². The van der Waals surface area contributed by atoms with Gasteiger partial charge in [-0.2, -0.15) is 0 Å². The number of nitrogens with one attached hydrogen (secondary N) is 1. The first-order chi connectivity index (χ1) is 26.0. The van der Waals surface area contributed by atoms with E-state index in [2.05, 4.69) is 50.9 Å². The molecule has 55 heavy (non-hydrogen) atoms. The van der Waals surface area contributed by atoms with Crippen LogP contribution in [0.3, 0.4) is 0 Å². The van der Waals surface area contributed by atoms with Crippen LogP contribution in [0.2, 0.25) is 0 Å². The minimum Gasteiger partial charge on any atom is -0.374 e. The van der Waals surface area contributed by atoms with Crippen molar-refractivity contribution >= 4 is 23.4 Å². The van der Waals surface area contributed by atoms with Crippen LogP contribution in [0, 0.1) is 11.7 Å². The summed E-state index contributed by atoms with van der Waals surface area (Å²) in [5, 5.41) is 2.60. The Morgan fingerprint density at radius 1 is 0.927 bits per heavy atom. The molecule has 1 aliphatic heterocycles. The number of Topliss-reactive ketones (excluding diaryl/α,β-unsaturated/α-hetero) is 2. The van der Waals surface area contributed by atoms with Crippen molar-refractivity contribution in [3.8, 4) is 0 Å². The van der Waals surface area contributed by atoms with Crippen molar-refractivity contribution in [3.05, 3.63) is 131 Å². The molecule has 0 aromatic heterocycles. The molecule has 300 valence electrons. The maximum absolute atomic E-state index is 13.0. The van der Waals surface area contributed by atoms with Gasteiger partial charge in [0.05, 0.1) is 24.7 Å². The number of hydrogen-bond acceptors (Lipinski definition) is 6. The van der Waals surface area contributed by atoms with Gasteiger partial charge in [0.25, 0.3) is 0 Å². The Kier molecular flexibility index (Phi) is 22.3. The number of likely N-dealkylation sites (tertiary alicyclic amines) is 1. The van der Waals surface area contributed by atoms with Crippen molar-refractivity contribution in [1.29, 1.82) is 0 Å². The number of ether oxygens (including phenoxy) is 1. The highest BCUT2D eigenvalue weighted by Gasteiger charge is 2.30. The number of piperidine rings is 1. The summed E-state index contributed by atoms with van der Waals surface area (Å²) in [4.78, 5) is 50.6. The molecule has 0 aliphatic carbocycles. The number of aryl methyl sites for hydroxylation is 1. The van der Waals surface area contributed by atoms with E-state index < -0.39 is 11.6 Å². The molecule has 0 spiro atoms. The highest BCUT2D eigenvalue weighted by Crippen LogP contribution is 2.26. The number of allylic oxidation sites excluding steroid dienone is 3. The van der Waals surface area contributed by atoms with Crippen LogP contribution in [0.15, 0.2) is 103 Å². The molecule has 8 nitrogen and oxygen atoms in total. The van der Waals surface area contributed by atoms with Gasteiger partial charge in [-0.15, -0.1) is 6.58 Å². The molecule has 0 radical (unpaired) electrons. The van der Waals surface area contributed by atoms with Gasteiger partial charge in [0.1, 0.15) is 11.9 Å². The number of ketones is 2. The van der Waals surface area contributed by atoms with E-state index in [0.717, 1.165) is 17.5 Å². The van der Waals surface area contributed by atoms with Gasteiger partial charge < -0.3 is 20.7 Å². The Labute approximate surface area is 329 Å². The van der Waals surface area contributed by atoms with Crippen LogP contribution in [0.1, 0.15) is 108 Å². The normalized spacial score (nSPS) is 13.5. The van der Waals surface area contributed by atoms with E-state index in [-0.39, 0.29) is 47.6 Å². The number of nitrogens with two attached hydrogens (primary N) is 1. The summed E-state index contributed by atoms with van der Waals surface area (Å²) in [6.45, 7) is 21.8. The Morgan fingerprint density at radius 2 is 1.45 bits per heavy atom. The lowest BCUT2D eigenvalue weighted by atomic mass is 9.88. The molecule has 3 aromatic rings. The van der Waals surface area contributed by atoms with Crippen molar-refractivity contribution in [3.63, 3.8) is 0 Å². The number of halogens is 1. The molecule has 1 fully saturated rings. The fourth-order valence-corrected chi connectivity index (χ4v) is 5.14. The van der Waals surface area contributed by atoms with Gasteiger partial charge in [-0.1, -0.05) is 79.2 Å². The third kappa shape index (κ3) is 18.4. The average molecular weight is 758 g/mol. The fraction of sp³-hybridized carbons (Fsp3) is 0.435. The number of nitrogens with zero attached hydrogens (tertiary/aromatic N) is 1. The van der Waals surface area contributed by atoms with E-state index in [0.29, 0.717) is 38.1 Å². The summed E-state index contributed by atoms with van der Waals surface area (Å²) in [6, 6.07) is 22.9. The van der Waals surface area contributed by atoms with Crippen LogP contribution in [0.4, 0.5) is 4.39 Å². The zero-order valence-electron chi connectivity index (χ0n) is 34.5. The Bertz CT molecular complexity index is 1640. The third-order valence-corrected chi connectivity index (χ3v) is 8.92. The van der Waals surface area contributed by atoms with Gasteiger partial charge >= 0.3 is 0 Å². The second-order valence-corrected chi connectivity index (χ2v) is 14.4. The van der Waals surface area contributed by atoms with Crippen molar-refractivity contribution in [2.75, 3.05) is 19.7 Å². The average Bonchev–Trinajstić information content (AvgIpc) is 3.17. The van der Waals surface area contributed by atoms with Crippen LogP contribution in [0.5, 0.6) is 0 Å². The van der Waals surface area contributed by atoms with E-state index in [1.165, 1.54) is 42.3 Å². The molecule has 1 heterocycles. The number of rotatable bonds is 12. The molecule has 2 unspecified atom stereocenters. The maximum Gasteiger partial charge on any atom is 0.240 e. The predicted octanol–water partition coefficient (Wildman–Crippen LogP) is 8.79. The second-order valence-electron chi connectivity index (χ2n) is 14.4. The summed E-state index contributed by atoms with van der Waals surface area (Å²) in [5.41, 5.74) is 9.89. The molecule has 0 saturated carbocycles. The smallest absolute Gasteiger partial charge is 0.240 e. The quantitative estimate of drug-likeness (QED) is 0.141. The van der Waals surface area contributed by atoms with Gasteiger partial charge in [-0.3, -0.25) is 19.2 Å². The van der Waals surface area contributed by atoms with Crippen molar-refractivity contribution in [2.24, 2.45) is 11.7 Å². The van der Waals surface area contributed by atoms with Gasteiger partial charge in [0.2, 0.25) is 11.8 Å². The molecular weight excluding hydrogens is 694 g/mol. The van der Waals surface area contributed by atoms with E-state index >= 15 is 0 Å². The first kappa shape index (κ1) is 48.3. The minimum atomic E-state index is -1.02. The number of hydrogen-bond donors (Lipinski definition) is 2. The lowest BCUT2D eigenvalue weighted by molar-refractivity contribution is -0.133. The van der Waals surface area contributed by atoms with E-state index in [9.17, 15) is 23.6 Å². The highest BCUT2D eigenvalue weighted by atomic mass is 19.1. The molecule has 1 aliphatic rings. The minimum absolute atomic E-state index is 0.0466. The lowest BCUT2D eigenvalue weighted by Crippen LogP contribution is -2.54. The van der Waals surface area contributed by atoms with Crippen LogP contribution in [-0.4, -0.2) is 59.6 Å². The number of carbonyl (C=O) groups excluding carboxylic acids is 4. The maximum atomic E-state index is 13.0. The van der Waals surface area contributed by atoms with Gasteiger partial charge in [0, 0.05) is 24.6 Å². The van der Waals surface area contributed by atoms with Crippen molar-refractivity contribution < 1.29 is 28.3 Å². The molecule has 0 bridgehead atoms. The number of carbonyl (C=O) groups is 4. The topological polar surface area (TPSA) is 119 Å². The molecule has 2 amide bonds. The zero-order valence-corrected chi connectivity index (χ0v) is 34.5. The third-order valence-electron chi connectivity index (χ3n) is 8.92. The fourth-order valence-electron chi connectivity index (χ4n) is 5.14. The molecule has 3 aromatic carbocycles. The summed E-state index contributed by atoms with van der Waals surface area (Å²) in [5.74, 6) is -0.985. The predicted molar refractivity (Wildman–Crippen MR) is 222 cm³/mol. The zero-order chi connectivity index (χ0) is 41.6. The molecule has 1 saturated heterocycles. The largest absolute Gasteiger partial charge is 0.374 e. The van der Waals surface area contributed by atoms with Crippen LogP contribution in [0.25, 0.3) is 0 Å². The van der Waals surface area contributed by atoms with Crippen LogP contribution < -0.4 is 11.1 Å². The summed E-state index contributed by atoms with van der Waals surface area (Å²) in [6.07, 6.45) is 6.13. The van der Waals surface area contributed by atoms with Crippen LogP contribution >= 0.6 is 0 Å². The summed E-state index contributed by atoms with van der Waals surface area (Å²) < 4.78 is 18.5. The first-order valence-electron chi connectivity index (χ1n) is 19.0. The molecule has 4 rings (SSSR count). The van der Waals surface area contributed by atoms with Crippen molar-refractivity contribution in [1.82, 2.24) is 10.2 Å². The Morgan fingerprint density at radius 3 is 1.91 bits per heavy atom. The standard InChI is InChI=1S/C23H26FNO2.C15H22N2O3.C5H10.C3H6/c1-3-17-4-6-18(7-5-17)16(2)23(27)25-14-12-20(13-15-25)22(26)19-8-10-21(24)11-9-19;1-11(18)13(17-14(19)15(2,3)16)10-20-9-12-7-5-4-6-8-12;1-4-5(2)3;1-3-2/h4-11,16,20H,3,12-15H2,1-2H3;4-8,13H,9-10,16H2,1-3H3,(H,17,19);4H,1-3H3;3H,1H2,2H3. The lowest BCUT2D eigenvalue weighted by Gasteiger charge is -2.33. The summed E-state index contributed by atoms with van der Waals surface area (Å²) >= 11 is 0. The Balaban J connectivity index is 0.000000475. The highest BCUT2D eigenvalue weighted by molar-refractivity contribution is 5.98. The second kappa shape index (κ2) is 25.4. The van der Waals surface area contributed by atoms with Gasteiger partial charge in [-0.25, -0.2) is 4.39 Å². The van der Waals surface area contributed by atoms with Crippen LogP contribution in [-0.2, 0) is 32.1 Å². The van der Waals surface area contributed by atoms with E-state index in [1.807, 2.05) is 68.1 Å². The Hall–Kier alpha value is -4.73. The molecule has 9 heteroatoms. The van der Waals surface area contributed by atoms with Crippen molar-refractivity contribution in [2.45, 2.75) is 106 Å². The number of amides is 2. The molecule has 2 atom stereocenters. The van der Waals surface area contributed by atoms with Gasteiger partial charge in [0.15, 0.2) is 11.6 Å². The van der Waals surface area contributed by atoms with E-state index in [4.69, 9.17) is 10.5 Å².